The van der Waals surface area contributed by atoms with E-state index in [0.717, 1.165) is 13.0 Å². The smallest absolute Gasteiger partial charge is 0.227 e. The summed E-state index contributed by atoms with van der Waals surface area (Å²) in [4.78, 5) is 14.0. The maximum Gasteiger partial charge on any atom is 0.227 e. The molecule has 0 aliphatic rings. The van der Waals surface area contributed by atoms with Crippen molar-refractivity contribution in [3.8, 4) is 0 Å². The number of nitrogens with one attached hydrogen (secondary N) is 1. The quantitative estimate of drug-likeness (QED) is 0.485. The first-order chi connectivity index (χ1) is 7.46. The summed E-state index contributed by atoms with van der Waals surface area (Å²) < 4.78 is 0. The van der Waals surface area contributed by atoms with Crippen molar-refractivity contribution in [3.63, 3.8) is 0 Å². The molecule has 1 unspecified atom stereocenters. The first-order valence-electron chi connectivity index (χ1n) is 5.79. The highest BCUT2D eigenvalue weighted by molar-refractivity contribution is 5.82. The Labute approximate surface area is 98.5 Å². The minimum Gasteiger partial charge on any atom is -0.356 e. The lowest BCUT2D eigenvalue weighted by atomic mass is 9.86. The van der Waals surface area contributed by atoms with Crippen molar-refractivity contribution in [1.82, 2.24) is 10.2 Å². The van der Waals surface area contributed by atoms with Gasteiger partial charge in [-0.15, -0.1) is 0 Å². The van der Waals surface area contributed by atoms with Gasteiger partial charge in [0.15, 0.2) is 0 Å². The molecule has 0 aromatic carbocycles. The third-order valence-corrected chi connectivity index (χ3v) is 2.76. The van der Waals surface area contributed by atoms with Crippen LogP contribution in [-0.2, 0) is 4.79 Å². The number of rotatable bonds is 8. The zero-order chi connectivity index (χ0) is 12.6. The highest BCUT2D eigenvalue weighted by Gasteiger charge is 2.30. The van der Waals surface area contributed by atoms with Crippen molar-refractivity contribution < 1.29 is 4.79 Å². The monoisotopic (exact) mass is 230 g/mol. The van der Waals surface area contributed by atoms with Crippen molar-refractivity contribution in [1.29, 1.82) is 0 Å². The lowest BCUT2D eigenvalue weighted by Crippen LogP contribution is -2.45. The van der Waals surface area contributed by atoms with Gasteiger partial charge in [0, 0.05) is 13.1 Å². The van der Waals surface area contributed by atoms with Gasteiger partial charge < -0.3 is 21.7 Å². The van der Waals surface area contributed by atoms with E-state index in [4.69, 9.17) is 11.5 Å². The Balaban J connectivity index is 3.93. The molecule has 0 heterocycles. The van der Waals surface area contributed by atoms with Gasteiger partial charge in [-0.1, -0.05) is 0 Å². The zero-order valence-corrected chi connectivity index (χ0v) is 10.8. The first-order valence-corrected chi connectivity index (χ1v) is 5.79. The summed E-state index contributed by atoms with van der Waals surface area (Å²) in [6, 6.07) is 0. The van der Waals surface area contributed by atoms with Gasteiger partial charge in [0.25, 0.3) is 0 Å². The molecule has 1 amide bonds. The van der Waals surface area contributed by atoms with E-state index in [1.165, 1.54) is 0 Å². The van der Waals surface area contributed by atoms with E-state index in [-0.39, 0.29) is 5.91 Å². The van der Waals surface area contributed by atoms with Gasteiger partial charge in [-0.05, 0) is 47.0 Å². The second-order valence-electron chi connectivity index (χ2n) is 4.72. The maximum absolute atomic E-state index is 11.9. The van der Waals surface area contributed by atoms with Gasteiger partial charge in [-0.2, -0.15) is 0 Å². The first kappa shape index (κ1) is 15.3. The highest BCUT2D eigenvalue weighted by Crippen LogP contribution is 2.18. The normalized spacial score (nSPS) is 14.9. The Hall–Kier alpha value is -0.650. The van der Waals surface area contributed by atoms with Crippen LogP contribution >= 0.6 is 0 Å². The number of amides is 1. The fraction of sp³-hybridized carbons (Fsp3) is 0.909. The average molecular weight is 230 g/mol. The third-order valence-electron chi connectivity index (χ3n) is 2.76. The molecule has 96 valence electrons. The van der Waals surface area contributed by atoms with Crippen LogP contribution in [0, 0.1) is 5.41 Å². The van der Waals surface area contributed by atoms with Gasteiger partial charge in [0.05, 0.1) is 5.41 Å². The number of nitrogens with two attached hydrogens (primary N) is 2. The molecule has 5 N–H and O–H groups in total. The van der Waals surface area contributed by atoms with Crippen LogP contribution in [0.1, 0.15) is 19.8 Å². The Bertz CT molecular complexity index is 208. The molecule has 5 heteroatoms. The number of hydrogen-bond donors (Lipinski definition) is 3. The molecule has 0 aliphatic heterocycles. The maximum atomic E-state index is 11.9. The summed E-state index contributed by atoms with van der Waals surface area (Å²) in [5.74, 6) is 0.0132. The number of carbonyl (C=O) groups excluding carboxylic acids is 1. The second kappa shape index (κ2) is 7.60. The van der Waals surface area contributed by atoms with E-state index in [0.29, 0.717) is 26.1 Å². The lowest BCUT2D eigenvalue weighted by molar-refractivity contribution is -0.130. The summed E-state index contributed by atoms with van der Waals surface area (Å²) in [7, 11) is 4.03. The molecule has 0 rings (SSSR count). The van der Waals surface area contributed by atoms with E-state index < -0.39 is 5.41 Å². The van der Waals surface area contributed by atoms with Crippen LogP contribution in [0.5, 0.6) is 0 Å². The van der Waals surface area contributed by atoms with Gasteiger partial charge in [0.2, 0.25) is 5.91 Å². The molecule has 0 aromatic heterocycles. The molecule has 5 nitrogen and oxygen atoms in total. The topological polar surface area (TPSA) is 84.4 Å². The van der Waals surface area contributed by atoms with Crippen molar-refractivity contribution in [2.75, 3.05) is 40.3 Å². The SMILES string of the molecule is CN(C)CCCNC(=O)C(C)(CN)CCN. The fourth-order valence-corrected chi connectivity index (χ4v) is 1.44. The molecule has 0 saturated heterocycles. The van der Waals surface area contributed by atoms with Crippen molar-refractivity contribution in [3.05, 3.63) is 0 Å². The lowest BCUT2D eigenvalue weighted by Gasteiger charge is -2.26. The van der Waals surface area contributed by atoms with Crippen LogP contribution in [0.4, 0.5) is 0 Å². The van der Waals surface area contributed by atoms with Crippen LogP contribution in [0.3, 0.4) is 0 Å². The third kappa shape index (κ3) is 5.44. The Morgan fingerprint density at radius 1 is 1.38 bits per heavy atom. The van der Waals surface area contributed by atoms with E-state index >= 15 is 0 Å². The van der Waals surface area contributed by atoms with Gasteiger partial charge in [0.1, 0.15) is 0 Å². The van der Waals surface area contributed by atoms with Crippen molar-refractivity contribution in [2.45, 2.75) is 19.8 Å². The van der Waals surface area contributed by atoms with Crippen LogP contribution in [0.25, 0.3) is 0 Å². The number of carbonyl (C=O) groups is 1. The van der Waals surface area contributed by atoms with Crippen molar-refractivity contribution in [2.24, 2.45) is 16.9 Å². The summed E-state index contributed by atoms with van der Waals surface area (Å²) in [5.41, 5.74) is 10.6. The Morgan fingerprint density at radius 2 is 2.00 bits per heavy atom. The summed E-state index contributed by atoms with van der Waals surface area (Å²) in [6.45, 7) is 4.34. The van der Waals surface area contributed by atoms with Crippen LogP contribution in [0.15, 0.2) is 0 Å². The minimum atomic E-state index is -0.521. The van der Waals surface area contributed by atoms with Crippen LogP contribution in [-0.4, -0.2) is 51.1 Å². The number of hydrogen-bond acceptors (Lipinski definition) is 4. The molecule has 0 bridgehead atoms. The van der Waals surface area contributed by atoms with E-state index in [1.54, 1.807) is 0 Å². The van der Waals surface area contributed by atoms with E-state index in [2.05, 4.69) is 10.2 Å². The van der Waals surface area contributed by atoms with E-state index in [9.17, 15) is 4.79 Å². The molecule has 1 atom stereocenters. The zero-order valence-electron chi connectivity index (χ0n) is 10.8. The van der Waals surface area contributed by atoms with Crippen LogP contribution in [0.2, 0.25) is 0 Å². The highest BCUT2D eigenvalue weighted by atomic mass is 16.2. The molecule has 16 heavy (non-hydrogen) atoms. The molecular weight excluding hydrogens is 204 g/mol. The predicted molar refractivity (Wildman–Crippen MR) is 67.0 cm³/mol. The molecule has 0 saturated carbocycles. The molecular formula is C11H26N4O. The fourth-order valence-electron chi connectivity index (χ4n) is 1.44. The van der Waals surface area contributed by atoms with E-state index in [1.807, 2.05) is 21.0 Å². The second-order valence-corrected chi connectivity index (χ2v) is 4.72. The van der Waals surface area contributed by atoms with Crippen LogP contribution < -0.4 is 16.8 Å². The number of nitrogens with zero attached hydrogens (tertiary/aromatic N) is 1. The molecule has 0 aromatic rings. The van der Waals surface area contributed by atoms with Gasteiger partial charge in [-0.25, -0.2) is 0 Å². The van der Waals surface area contributed by atoms with Gasteiger partial charge in [-0.3, -0.25) is 4.79 Å². The Kier molecular flexibility index (Phi) is 7.29. The molecule has 0 aliphatic carbocycles. The summed E-state index contributed by atoms with van der Waals surface area (Å²) in [6.07, 6.45) is 1.57. The predicted octanol–water partition coefficient (Wildman–Crippen LogP) is -0.632. The molecule has 0 fully saturated rings. The molecule has 0 radical (unpaired) electrons. The largest absolute Gasteiger partial charge is 0.356 e. The minimum absolute atomic E-state index is 0.0132. The van der Waals surface area contributed by atoms with Crippen molar-refractivity contribution >= 4 is 5.91 Å². The molecule has 0 spiro atoms. The summed E-state index contributed by atoms with van der Waals surface area (Å²) >= 11 is 0. The summed E-state index contributed by atoms with van der Waals surface area (Å²) in [5, 5.41) is 2.91. The average Bonchev–Trinajstić information content (AvgIpc) is 2.24. The van der Waals surface area contributed by atoms with Gasteiger partial charge >= 0.3 is 0 Å². The Morgan fingerprint density at radius 3 is 2.44 bits per heavy atom. The standard InChI is InChI=1S/C11H26N4O/c1-11(9-13,5-6-12)10(16)14-7-4-8-15(2)3/h4-9,12-13H2,1-3H3,(H,14,16).